The molecule has 4 rings (SSSR count). The molecule has 4 fully saturated rings. The molecule has 1 amide bonds. The lowest BCUT2D eigenvalue weighted by molar-refractivity contribution is -0.285. The van der Waals surface area contributed by atoms with Gasteiger partial charge in [0, 0.05) is 18.0 Å². The Morgan fingerprint density at radius 3 is 2.50 bits per heavy atom. The number of carbonyl (C=O) groups excluding carboxylic acids is 1. The van der Waals surface area contributed by atoms with Crippen LogP contribution in [0.4, 0.5) is 4.79 Å². The van der Waals surface area contributed by atoms with E-state index in [0.29, 0.717) is 12.5 Å². The highest BCUT2D eigenvalue weighted by atomic mass is 16.6. The Hall–Kier alpha value is -0.850. The fraction of sp³-hybridized carbons (Fsp3) is 0.938. The fourth-order valence-electron chi connectivity index (χ4n) is 4.36. The number of ether oxygens (including phenoxy) is 2. The van der Waals surface area contributed by atoms with Crippen LogP contribution in [0.5, 0.6) is 0 Å². The van der Waals surface area contributed by atoms with Crippen molar-refractivity contribution in [1.29, 1.82) is 0 Å². The van der Waals surface area contributed by atoms with E-state index in [1.54, 1.807) is 4.90 Å². The zero-order valence-corrected chi connectivity index (χ0v) is 13.7. The molecule has 0 radical (unpaired) electrons. The number of carbonyl (C=O) groups is 1. The Labute approximate surface area is 131 Å². The van der Waals surface area contributed by atoms with Crippen LogP contribution < -0.4 is 0 Å². The molecule has 3 saturated heterocycles. The monoisotopic (exact) mass is 313 g/mol. The van der Waals surface area contributed by atoms with Crippen molar-refractivity contribution in [3.05, 3.63) is 0 Å². The number of aliphatic hydroxyl groups is 2. The highest BCUT2D eigenvalue weighted by Gasteiger charge is 2.65. The molecule has 1 saturated carbocycles. The average molecular weight is 313 g/mol. The quantitative estimate of drug-likeness (QED) is 0.799. The molecule has 0 aromatic rings. The SMILES string of the molecule is CC(C)(C)OC(=O)N1CC2CCC1C(CO)(C1(O)COC1)C2. The van der Waals surface area contributed by atoms with Gasteiger partial charge in [-0.15, -0.1) is 0 Å². The molecule has 126 valence electrons. The molecule has 2 bridgehead atoms. The van der Waals surface area contributed by atoms with Gasteiger partial charge in [0.05, 0.1) is 19.8 Å². The summed E-state index contributed by atoms with van der Waals surface area (Å²) < 4.78 is 10.7. The van der Waals surface area contributed by atoms with Gasteiger partial charge in [-0.1, -0.05) is 0 Å². The lowest BCUT2D eigenvalue weighted by Gasteiger charge is -2.63. The third-order valence-electron chi connectivity index (χ3n) is 5.49. The minimum absolute atomic E-state index is 0.132. The summed E-state index contributed by atoms with van der Waals surface area (Å²) in [4.78, 5) is 14.3. The van der Waals surface area contributed by atoms with Gasteiger partial charge in [-0.3, -0.25) is 0 Å². The number of aliphatic hydroxyl groups excluding tert-OH is 1. The molecule has 3 atom stereocenters. The number of hydrogen-bond donors (Lipinski definition) is 2. The van der Waals surface area contributed by atoms with Crippen LogP contribution in [0.3, 0.4) is 0 Å². The van der Waals surface area contributed by atoms with Crippen molar-refractivity contribution in [2.75, 3.05) is 26.4 Å². The maximum atomic E-state index is 12.5. The topological polar surface area (TPSA) is 79.2 Å². The van der Waals surface area contributed by atoms with E-state index in [9.17, 15) is 15.0 Å². The normalized spacial score (nSPS) is 36.9. The average Bonchev–Trinajstić information content (AvgIpc) is 2.43. The van der Waals surface area contributed by atoms with Crippen molar-refractivity contribution >= 4 is 6.09 Å². The van der Waals surface area contributed by atoms with Crippen molar-refractivity contribution in [3.8, 4) is 0 Å². The number of piperidine rings is 2. The molecular weight excluding hydrogens is 286 g/mol. The van der Waals surface area contributed by atoms with Crippen LogP contribution in [0, 0.1) is 11.3 Å². The smallest absolute Gasteiger partial charge is 0.410 e. The summed E-state index contributed by atoms with van der Waals surface area (Å²) in [6.45, 7) is 6.53. The molecule has 1 aliphatic carbocycles. The standard InChI is InChI=1S/C16H27NO5/c1-14(2,3)22-13(19)17-7-11-4-5-12(17)15(6-11,8-18)16(20)9-21-10-16/h11-12,18,20H,4-10H2,1-3H3. The maximum absolute atomic E-state index is 12.5. The summed E-state index contributed by atoms with van der Waals surface area (Å²) in [5, 5.41) is 21.0. The third-order valence-corrected chi connectivity index (χ3v) is 5.49. The van der Waals surface area contributed by atoms with Crippen molar-refractivity contribution in [1.82, 2.24) is 4.90 Å². The zero-order chi connectivity index (χ0) is 16.2. The Balaban J connectivity index is 1.87. The zero-order valence-electron chi connectivity index (χ0n) is 13.7. The molecule has 3 unspecified atom stereocenters. The molecule has 6 nitrogen and oxygen atoms in total. The Bertz CT molecular complexity index is 456. The van der Waals surface area contributed by atoms with E-state index in [2.05, 4.69) is 0 Å². The Morgan fingerprint density at radius 1 is 1.36 bits per heavy atom. The summed E-state index contributed by atoms with van der Waals surface area (Å²) in [7, 11) is 0. The van der Waals surface area contributed by atoms with Crippen LogP contribution in [0.2, 0.25) is 0 Å². The second-order valence-corrected chi connectivity index (χ2v) is 8.13. The van der Waals surface area contributed by atoms with E-state index in [4.69, 9.17) is 9.47 Å². The van der Waals surface area contributed by atoms with Crippen molar-refractivity contribution in [2.45, 2.75) is 57.3 Å². The summed E-state index contributed by atoms with van der Waals surface area (Å²) in [6.07, 6.45) is 2.23. The molecule has 4 aliphatic rings. The predicted molar refractivity (Wildman–Crippen MR) is 79.4 cm³/mol. The third kappa shape index (κ3) is 2.32. The minimum Gasteiger partial charge on any atom is -0.444 e. The largest absolute Gasteiger partial charge is 0.444 e. The van der Waals surface area contributed by atoms with Crippen LogP contribution in [0.25, 0.3) is 0 Å². The Kier molecular flexibility index (Phi) is 3.70. The lowest BCUT2D eigenvalue weighted by atomic mass is 9.55. The first-order chi connectivity index (χ1) is 10.2. The second kappa shape index (κ2) is 5.08. The van der Waals surface area contributed by atoms with Gasteiger partial charge in [0.2, 0.25) is 0 Å². The van der Waals surface area contributed by atoms with Crippen LogP contribution in [-0.2, 0) is 9.47 Å². The first-order valence-corrected chi connectivity index (χ1v) is 8.11. The second-order valence-electron chi connectivity index (χ2n) is 8.13. The van der Waals surface area contributed by atoms with Crippen LogP contribution in [0.15, 0.2) is 0 Å². The van der Waals surface area contributed by atoms with E-state index in [1.807, 2.05) is 20.8 Å². The molecule has 0 aromatic carbocycles. The van der Waals surface area contributed by atoms with Crippen LogP contribution >= 0.6 is 0 Å². The summed E-state index contributed by atoms with van der Waals surface area (Å²) in [6, 6.07) is -0.189. The molecule has 22 heavy (non-hydrogen) atoms. The van der Waals surface area contributed by atoms with Crippen molar-refractivity contribution < 1.29 is 24.5 Å². The van der Waals surface area contributed by atoms with Gasteiger partial charge >= 0.3 is 6.09 Å². The van der Waals surface area contributed by atoms with E-state index in [0.717, 1.165) is 19.3 Å². The molecule has 0 aromatic heterocycles. The molecule has 6 heteroatoms. The summed E-state index contributed by atoms with van der Waals surface area (Å²) >= 11 is 0. The van der Waals surface area contributed by atoms with Gasteiger partial charge in [0.15, 0.2) is 0 Å². The van der Waals surface area contributed by atoms with Crippen LogP contribution in [0.1, 0.15) is 40.0 Å². The highest BCUT2D eigenvalue weighted by Crippen LogP contribution is 2.54. The van der Waals surface area contributed by atoms with Gasteiger partial charge in [-0.25, -0.2) is 4.79 Å². The van der Waals surface area contributed by atoms with Gasteiger partial charge in [-0.2, -0.15) is 0 Å². The molecule has 0 spiro atoms. The number of amides is 1. The van der Waals surface area contributed by atoms with Gasteiger partial charge in [-0.05, 0) is 46.0 Å². The Morgan fingerprint density at radius 2 is 2.05 bits per heavy atom. The highest BCUT2D eigenvalue weighted by molar-refractivity contribution is 5.69. The maximum Gasteiger partial charge on any atom is 0.410 e. The fourth-order valence-corrected chi connectivity index (χ4v) is 4.36. The van der Waals surface area contributed by atoms with Gasteiger partial charge < -0.3 is 24.6 Å². The van der Waals surface area contributed by atoms with E-state index >= 15 is 0 Å². The van der Waals surface area contributed by atoms with Gasteiger partial charge in [0.1, 0.15) is 11.2 Å². The van der Waals surface area contributed by atoms with Crippen LogP contribution in [-0.4, -0.2) is 64.8 Å². The van der Waals surface area contributed by atoms with E-state index in [-0.39, 0.29) is 32.0 Å². The number of rotatable bonds is 2. The minimum atomic E-state index is -1.04. The summed E-state index contributed by atoms with van der Waals surface area (Å²) in [5.41, 5.74) is -2.28. The number of nitrogens with zero attached hydrogens (tertiary/aromatic N) is 1. The summed E-state index contributed by atoms with van der Waals surface area (Å²) in [5.74, 6) is 0.300. The van der Waals surface area contributed by atoms with Crippen molar-refractivity contribution in [2.24, 2.45) is 11.3 Å². The number of hydrogen-bond acceptors (Lipinski definition) is 5. The number of fused-ring (bicyclic) bond motifs is 3. The van der Waals surface area contributed by atoms with E-state index in [1.165, 1.54) is 0 Å². The van der Waals surface area contributed by atoms with Gasteiger partial charge in [0.25, 0.3) is 0 Å². The molecular formula is C16H27NO5. The molecule has 3 aliphatic heterocycles. The first kappa shape index (κ1) is 16.0. The molecule has 2 N–H and O–H groups in total. The lowest BCUT2D eigenvalue weighted by Crippen LogP contribution is -2.74. The first-order valence-electron chi connectivity index (χ1n) is 8.11. The molecule has 3 heterocycles. The predicted octanol–water partition coefficient (Wildman–Crippen LogP) is 1.15. The van der Waals surface area contributed by atoms with Crippen molar-refractivity contribution in [3.63, 3.8) is 0 Å². The van der Waals surface area contributed by atoms with E-state index < -0.39 is 16.6 Å².